The minimum atomic E-state index is -1.14. The summed E-state index contributed by atoms with van der Waals surface area (Å²) in [6.45, 7) is -0.129. The Hall–Kier alpha value is -2.96. The summed E-state index contributed by atoms with van der Waals surface area (Å²) in [7, 11) is 0. The van der Waals surface area contributed by atoms with Crippen LogP contribution in [0.4, 0.5) is 0 Å². The maximum atomic E-state index is 12.2. The first-order valence-electron chi connectivity index (χ1n) is 8.62. The van der Waals surface area contributed by atoms with E-state index in [-0.39, 0.29) is 12.7 Å². The minimum absolute atomic E-state index is 0.129. The second-order valence-corrected chi connectivity index (χ2v) is 6.50. The molecule has 6 heteroatoms. The van der Waals surface area contributed by atoms with E-state index in [4.69, 9.17) is 14.2 Å². The third-order valence-corrected chi connectivity index (χ3v) is 4.75. The number of hydrogen-bond donors (Lipinski definition) is 1. The number of rotatable bonds is 5. The first-order chi connectivity index (χ1) is 13.1. The lowest BCUT2D eigenvalue weighted by Crippen LogP contribution is -2.48. The summed E-state index contributed by atoms with van der Waals surface area (Å²) in [4.78, 5) is 24.4. The predicted molar refractivity (Wildman–Crippen MR) is 95.1 cm³/mol. The Morgan fingerprint density at radius 3 is 2.15 bits per heavy atom. The number of esters is 2. The molecule has 1 aliphatic carbocycles. The number of ether oxygens (including phenoxy) is 3. The predicted octanol–water partition coefficient (Wildman–Crippen LogP) is 2.14. The van der Waals surface area contributed by atoms with Gasteiger partial charge in [-0.05, 0) is 30.3 Å². The van der Waals surface area contributed by atoms with Gasteiger partial charge in [-0.2, -0.15) is 0 Å². The molecule has 0 radical (unpaired) electrons. The van der Waals surface area contributed by atoms with Crippen LogP contribution >= 0.6 is 0 Å². The molecule has 1 fully saturated rings. The number of carbonyl (C=O) groups excluding carboxylic acids is 2. The molecular weight excluding hydrogens is 348 g/mol. The molecule has 4 atom stereocenters. The fourth-order valence-corrected chi connectivity index (χ4v) is 3.14. The molecule has 2 aromatic rings. The smallest absolute Gasteiger partial charge is 0.338 e. The summed E-state index contributed by atoms with van der Waals surface area (Å²) >= 11 is 0. The van der Waals surface area contributed by atoms with Gasteiger partial charge in [0.05, 0.1) is 11.1 Å². The first-order valence-corrected chi connectivity index (χ1v) is 8.62. The van der Waals surface area contributed by atoms with Crippen LogP contribution in [0.3, 0.4) is 0 Å². The van der Waals surface area contributed by atoms with Crippen LogP contribution < -0.4 is 0 Å². The summed E-state index contributed by atoms with van der Waals surface area (Å²) in [6.07, 6.45) is 0.922. The van der Waals surface area contributed by atoms with E-state index in [1.54, 1.807) is 72.8 Å². The van der Waals surface area contributed by atoms with Gasteiger partial charge in [-0.3, -0.25) is 0 Å². The number of fused-ring (bicyclic) bond motifs is 1. The topological polar surface area (TPSA) is 85.4 Å². The van der Waals surface area contributed by atoms with Gasteiger partial charge in [0.15, 0.2) is 5.60 Å². The number of aliphatic hydroxyl groups excluding tert-OH is 1. The molecule has 0 saturated carbocycles. The summed E-state index contributed by atoms with van der Waals surface area (Å²) < 4.78 is 16.3. The van der Waals surface area contributed by atoms with Crippen LogP contribution in [0, 0.1) is 0 Å². The Balaban J connectivity index is 1.41. The lowest BCUT2D eigenvalue weighted by molar-refractivity contribution is -0.0486. The molecule has 4 rings (SSSR count). The second kappa shape index (κ2) is 6.98. The van der Waals surface area contributed by atoms with Crippen LogP contribution in [0.25, 0.3) is 0 Å². The molecule has 1 saturated heterocycles. The summed E-state index contributed by atoms with van der Waals surface area (Å²) in [5.74, 6) is -1.04. The van der Waals surface area contributed by atoms with Gasteiger partial charge >= 0.3 is 11.9 Å². The molecule has 0 spiro atoms. The highest BCUT2D eigenvalue weighted by molar-refractivity contribution is 5.90. The van der Waals surface area contributed by atoms with E-state index < -0.39 is 29.7 Å². The van der Waals surface area contributed by atoms with Crippen molar-refractivity contribution in [1.82, 2.24) is 0 Å². The van der Waals surface area contributed by atoms with Crippen molar-refractivity contribution in [3.8, 4) is 0 Å². The fraction of sp³-hybridized carbons (Fsp3) is 0.238. The second-order valence-electron chi connectivity index (χ2n) is 6.50. The molecule has 6 nitrogen and oxygen atoms in total. The number of carbonyl (C=O) groups is 2. The average molecular weight is 366 g/mol. The van der Waals surface area contributed by atoms with Crippen molar-refractivity contribution in [2.45, 2.75) is 23.9 Å². The molecule has 1 aliphatic heterocycles. The molecule has 0 amide bonds. The Morgan fingerprint density at radius 2 is 1.52 bits per heavy atom. The van der Waals surface area contributed by atoms with Crippen LogP contribution in [0.1, 0.15) is 20.7 Å². The van der Waals surface area contributed by atoms with Crippen LogP contribution in [0.5, 0.6) is 0 Å². The SMILES string of the molecule is O=C(OCC12OC1C=CC(OC(=O)c1ccccc1)C2O)c1ccccc1. The molecule has 0 aromatic heterocycles. The van der Waals surface area contributed by atoms with Gasteiger partial charge in [0.2, 0.25) is 0 Å². The third-order valence-electron chi connectivity index (χ3n) is 4.75. The van der Waals surface area contributed by atoms with Crippen molar-refractivity contribution in [2.75, 3.05) is 6.61 Å². The van der Waals surface area contributed by atoms with Crippen molar-refractivity contribution in [2.24, 2.45) is 0 Å². The number of aliphatic hydroxyl groups is 1. The molecule has 4 unspecified atom stereocenters. The van der Waals surface area contributed by atoms with Gasteiger partial charge in [-0.15, -0.1) is 0 Å². The van der Waals surface area contributed by atoms with Gasteiger partial charge in [-0.25, -0.2) is 9.59 Å². The highest BCUT2D eigenvalue weighted by Crippen LogP contribution is 2.46. The van der Waals surface area contributed by atoms with Crippen LogP contribution in [0.2, 0.25) is 0 Å². The van der Waals surface area contributed by atoms with Crippen LogP contribution in [0.15, 0.2) is 72.8 Å². The zero-order chi connectivity index (χ0) is 18.9. The Labute approximate surface area is 156 Å². The third kappa shape index (κ3) is 3.37. The molecule has 0 bridgehead atoms. The van der Waals surface area contributed by atoms with E-state index in [9.17, 15) is 14.7 Å². The minimum Gasteiger partial charge on any atom is -0.459 e. The normalized spacial score (nSPS) is 28.1. The van der Waals surface area contributed by atoms with Crippen molar-refractivity contribution in [1.29, 1.82) is 0 Å². The molecule has 1 heterocycles. The molecular formula is C21H18O6. The first kappa shape index (κ1) is 17.5. The summed E-state index contributed by atoms with van der Waals surface area (Å²) in [5.41, 5.74) is -0.277. The molecule has 2 aliphatic rings. The van der Waals surface area contributed by atoms with Crippen molar-refractivity contribution in [3.05, 3.63) is 83.9 Å². The van der Waals surface area contributed by atoms with Gasteiger partial charge < -0.3 is 19.3 Å². The van der Waals surface area contributed by atoms with Crippen molar-refractivity contribution in [3.63, 3.8) is 0 Å². The van der Waals surface area contributed by atoms with Gasteiger partial charge in [0, 0.05) is 0 Å². The quantitative estimate of drug-likeness (QED) is 0.496. The highest BCUT2D eigenvalue weighted by Gasteiger charge is 2.65. The van der Waals surface area contributed by atoms with E-state index in [1.807, 2.05) is 0 Å². The van der Waals surface area contributed by atoms with Crippen molar-refractivity contribution < 1.29 is 28.9 Å². The van der Waals surface area contributed by atoms with Gasteiger partial charge in [0.25, 0.3) is 0 Å². The maximum Gasteiger partial charge on any atom is 0.338 e. The van der Waals surface area contributed by atoms with E-state index in [2.05, 4.69) is 0 Å². The lowest BCUT2D eigenvalue weighted by Gasteiger charge is -2.28. The van der Waals surface area contributed by atoms with Crippen molar-refractivity contribution >= 4 is 11.9 Å². The van der Waals surface area contributed by atoms with Gasteiger partial charge in [-0.1, -0.05) is 42.5 Å². The number of epoxide rings is 1. The molecule has 27 heavy (non-hydrogen) atoms. The summed E-state index contributed by atoms with van der Waals surface area (Å²) in [5, 5.41) is 10.7. The van der Waals surface area contributed by atoms with E-state index in [0.29, 0.717) is 11.1 Å². The monoisotopic (exact) mass is 366 g/mol. The van der Waals surface area contributed by atoms with Crippen LogP contribution in [-0.4, -0.2) is 47.6 Å². The fourth-order valence-electron chi connectivity index (χ4n) is 3.14. The summed E-state index contributed by atoms with van der Waals surface area (Å²) in [6, 6.07) is 17.1. The average Bonchev–Trinajstić information content (AvgIpc) is 3.45. The van der Waals surface area contributed by atoms with Crippen LogP contribution in [-0.2, 0) is 14.2 Å². The molecule has 2 aromatic carbocycles. The molecule has 138 valence electrons. The Morgan fingerprint density at radius 1 is 0.926 bits per heavy atom. The van der Waals surface area contributed by atoms with E-state index >= 15 is 0 Å². The molecule has 1 N–H and O–H groups in total. The lowest BCUT2D eigenvalue weighted by atomic mass is 9.89. The standard InChI is InChI=1S/C21H18O6/c22-18-16(26-20(24)15-9-5-2-6-10-15)11-12-17-21(18,27-17)13-25-19(23)14-7-3-1-4-8-14/h1-12,16-18,22H,13H2. The van der Waals surface area contributed by atoms with Gasteiger partial charge in [0.1, 0.15) is 24.9 Å². The zero-order valence-electron chi connectivity index (χ0n) is 14.4. The number of benzene rings is 2. The zero-order valence-corrected chi connectivity index (χ0v) is 14.4. The Bertz CT molecular complexity index is 863. The largest absolute Gasteiger partial charge is 0.459 e. The maximum absolute atomic E-state index is 12.2. The van der Waals surface area contributed by atoms with E-state index in [0.717, 1.165) is 0 Å². The van der Waals surface area contributed by atoms with E-state index in [1.165, 1.54) is 0 Å². The highest BCUT2D eigenvalue weighted by atomic mass is 16.7. The number of hydrogen-bond acceptors (Lipinski definition) is 6. The Kier molecular flexibility index (Phi) is 4.51.